The maximum absolute atomic E-state index is 12.6. The molecule has 2 aliphatic rings. The maximum atomic E-state index is 12.6. The summed E-state index contributed by atoms with van der Waals surface area (Å²) in [4.78, 5) is 27.3. The summed E-state index contributed by atoms with van der Waals surface area (Å²) < 4.78 is 2.66. The molecule has 13 heteroatoms. The van der Waals surface area contributed by atoms with Gasteiger partial charge in [-0.05, 0) is 70.4 Å². The molecule has 4 aromatic rings. The molecule has 0 radical (unpaired) electrons. The van der Waals surface area contributed by atoms with E-state index in [0.717, 1.165) is 14.2 Å². The highest BCUT2D eigenvalue weighted by Crippen LogP contribution is 2.67. The van der Waals surface area contributed by atoms with Crippen LogP contribution in [0.5, 0.6) is 11.5 Å². The highest BCUT2D eigenvalue weighted by atomic mass is 79.9. The Bertz CT molecular complexity index is 1700. The van der Waals surface area contributed by atoms with Crippen molar-refractivity contribution in [1.82, 2.24) is 24.8 Å². The third-order valence-electron chi connectivity index (χ3n) is 7.68. The van der Waals surface area contributed by atoms with Crippen molar-refractivity contribution in [3.63, 3.8) is 0 Å². The minimum Gasteiger partial charge on any atom is -0.504 e. The van der Waals surface area contributed by atoms with Gasteiger partial charge in [0.15, 0.2) is 28.5 Å². The number of benzene rings is 1. The van der Waals surface area contributed by atoms with Crippen LogP contribution in [0.2, 0.25) is 0 Å². The summed E-state index contributed by atoms with van der Waals surface area (Å²) in [7, 11) is 1.52. The first kappa shape index (κ1) is 26.5. The van der Waals surface area contributed by atoms with Crippen LogP contribution in [-0.2, 0) is 11.2 Å². The van der Waals surface area contributed by atoms with Gasteiger partial charge in [-0.3, -0.25) is 4.79 Å². The Labute approximate surface area is 241 Å². The van der Waals surface area contributed by atoms with E-state index >= 15 is 0 Å². The molecule has 5 atom stereocenters. The van der Waals surface area contributed by atoms with E-state index < -0.39 is 23.7 Å². The first-order chi connectivity index (χ1) is 19.2. The Hall–Kier alpha value is -3.70. The van der Waals surface area contributed by atoms with E-state index in [4.69, 9.17) is 0 Å². The van der Waals surface area contributed by atoms with Gasteiger partial charge in [-0.25, -0.2) is 15.0 Å². The third kappa shape index (κ3) is 4.37. The summed E-state index contributed by atoms with van der Waals surface area (Å²) in [6.07, 6.45) is 0.131. The van der Waals surface area contributed by atoms with Crippen LogP contribution in [0.15, 0.2) is 40.4 Å². The number of aliphatic hydroxyl groups excluding tert-OH is 2. The number of phenolic OH excluding ortho intramolecular Hbond substituents is 2. The average Bonchev–Trinajstić information content (AvgIpc) is 3.18. The van der Waals surface area contributed by atoms with E-state index in [2.05, 4.69) is 53.4 Å². The molecule has 2 fully saturated rings. The molecule has 3 heterocycles. The quantitative estimate of drug-likeness (QED) is 0.139. The molecule has 206 valence electrons. The zero-order valence-corrected chi connectivity index (χ0v) is 23.6. The van der Waals surface area contributed by atoms with Gasteiger partial charge in [0.1, 0.15) is 6.10 Å². The van der Waals surface area contributed by atoms with E-state index in [-0.39, 0.29) is 29.1 Å². The van der Waals surface area contributed by atoms with Crippen LogP contribution in [-0.4, -0.2) is 71.7 Å². The predicted octanol–water partition coefficient (Wildman–Crippen LogP) is 2.14. The highest BCUT2D eigenvalue weighted by Gasteiger charge is 2.75. The molecule has 6 N–H and O–H groups in total. The van der Waals surface area contributed by atoms with Crippen molar-refractivity contribution in [3.05, 3.63) is 56.7 Å². The van der Waals surface area contributed by atoms with Crippen LogP contribution in [0.25, 0.3) is 11.2 Å². The fourth-order valence-corrected chi connectivity index (χ4v) is 6.89. The maximum Gasteiger partial charge on any atom is 0.229 e. The number of hydrogen-bond donors (Lipinski definition) is 6. The number of aliphatic hydroxyl groups is 2. The van der Waals surface area contributed by atoms with E-state index in [1.165, 1.54) is 30.5 Å². The van der Waals surface area contributed by atoms with Gasteiger partial charge < -0.3 is 35.6 Å². The van der Waals surface area contributed by atoms with Gasteiger partial charge in [-0.2, -0.15) is 0 Å². The number of nitrogens with zero attached hydrogens (tertiary/aromatic N) is 4. The highest BCUT2D eigenvalue weighted by molar-refractivity contribution is 9.11. The lowest BCUT2D eigenvalue weighted by atomic mass is 9.98. The van der Waals surface area contributed by atoms with Crippen molar-refractivity contribution in [2.75, 3.05) is 18.9 Å². The Morgan fingerprint density at radius 3 is 2.75 bits per heavy atom. The van der Waals surface area contributed by atoms with Gasteiger partial charge in [0, 0.05) is 19.5 Å². The number of fused-ring (bicyclic) bond motifs is 2. The van der Waals surface area contributed by atoms with E-state index in [1.54, 1.807) is 17.0 Å². The van der Waals surface area contributed by atoms with Crippen molar-refractivity contribution >= 4 is 50.2 Å². The fraction of sp³-hybridized carbons (Fsp3) is 0.333. The first-order valence-corrected chi connectivity index (χ1v) is 14.2. The van der Waals surface area contributed by atoms with Gasteiger partial charge in [-0.15, -0.1) is 11.3 Å². The molecule has 1 aromatic carbocycles. The fourth-order valence-electron chi connectivity index (χ4n) is 5.65. The Morgan fingerprint density at radius 1 is 1.20 bits per heavy atom. The molecule has 3 aromatic heterocycles. The van der Waals surface area contributed by atoms with Gasteiger partial charge in [-0.1, -0.05) is 6.07 Å². The van der Waals surface area contributed by atoms with Gasteiger partial charge in [0.25, 0.3) is 0 Å². The molecule has 2 saturated carbocycles. The molecular formula is C27H25BrN6O5S. The molecule has 11 nitrogen and oxygen atoms in total. The lowest BCUT2D eigenvalue weighted by Crippen LogP contribution is -2.41. The lowest BCUT2D eigenvalue weighted by Gasteiger charge is -2.23. The number of carbonyl (C=O) groups excluding carboxylic acids is 1. The number of halogens is 1. The van der Waals surface area contributed by atoms with E-state index in [1.807, 2.05) is 12.1 Å². The number of thiophene rings is 1. The standard InChI is InChI=1S/C27H25BrN6O5S/c1-29-26(39)27-11-15(27)21(22(37)23(27)38)34-12-31-20-24(30-9-8-13-2-5-16(35)17(36)10-13)32-19(33-25(20)34)7-4-14-3-6-18(28)40-14/h2-3,5-6,10,12,15,21-23,35-38H,8-9,11H2,1H3,(H,29,39)(H,30,32,33)/t15-,21-,22+,23+,27+/m1/s1. The number of anilines is 1. The van der Waals surface area contributed by atoms with Crippen molar-refractivity contribution in [2.45, 2.75) is 31.1 Å². The predicted molar refractivity (Wildman–Crippen MR) is 151 cm³/mol. The molecule has 0 saturated heterocycles. The van der Waals surface area contributed by atoms with Crippen LogP contribution < -0.4 is 10.6 Å². The molecule has 0 spiro atoms. The number of carbonyl (C=O) groups is 1. The number of phenols is 2. The monoisotopic (exact) mass is 624 g/mol. The number of aromatic hydroxyl groups is 2. The Kier molecular flexibility index (Phi) is 6.66. The van der Waals surface area contributed by atoms with Gasteiger partial charge in [0.2, 0.25) is 11.7 Å². The Morgan fingerprint density at radius 2 is 2.02 bits per heavy atom. The summed E-state index contributed by atoms with van der Waals surface area (Å²) in [6.45, 7) is 0.432. The zero-order chi connectivity index (χ0) is 28.2. The van der Waals surface area contributed by atoms with Gasteiger partial charge >= 0.3 is 0 Å². The SMILES string of the molecule is CNC(=O)[C@@]12C[C@@H]1[C@@H](n1cnc3c(NCCc4ccc(O)c(O)c4)nc(C#Cc4ccc(Br)s4)nc31)[C@H](O)[C@@H]2O. The minimum absolute atomic E-state index is 0.184. The molecule has 0 aliphatic heterocycles. The molecule has 1 amide bonds. The smallest absolute Gasteiger partial charge is 0.229 e. The molecule has 2 aliphatic carbocycles. The number of aromatic nitrogens is 4. The number of amides is 1. The lowest BCUT2D eigenvalue weighted by molar-refractivity contribution is -0.132. The summed E-state index contributed by atoms with van der Waals surface area (Å²) in [6, 6.07) is 7.84. The number of nitrogens with one attached hydrogen (secondary N) is 2. The summed E-state index contributed by atoms with van der Waals surface area (Å²) in [5.41, 5.74) is 0.656. The van der Waals surface area contributed by atoms with Crippen LogP contribution in [0, 0.1) is 23.2 Å². The number of imidazole rings is 1. The summed E-state index contributed by atoms with van der Waals surface area (Å²) >= 11 is 4.92. The van der Waals surface area contributed by atoms with E-state index in [0.29, 0.717) is 36.4 Å². The largest absolute Gasteiger partial charge is 0.504 e. The first-order valence-electron chi connectivity index (χ1n) is 12.6. The second kappa shape index (κ2) is 10.0. The topological polar surface area (TPSA) is 166 Å². The molecule has 40 heavy (non-hydrogen) atoms. The second-order valence-corrected chi connectivity index (χ2v) is 12.4. The molecule has 6 rings (SSSR count). The average molecular weight is 626 g/mol. The third-order valence-corrected chi connectivity index (χ3v) is 9.22. The van der Waals surface area contributed by atoms with Crippen molar-refractivity contribution in [1.29, 1.82) is 0 Å². The van der Waals surface area contributed by atoms with Crippen LogP contribution in [0.3, 0.4) is 0 Å². The summed E-state index contributed by atoms with van der Waals surface area (Å²) in [5, 5.41) is 47.1. The normalized spacial score (nSPS) is 24.8. The molecule has 0 bridgehead atoms. The second-order valence-electron chi connectivity index (χ2n) is 9.93. The van der Waals surface area contributed by atoms with Crippen LogP contribution in [0.1, 0.15) is 28.7 Å². The summed E-state index contributed by atoms with van der Waals surface area (Å²) in [5.74, 6) is 5.82. The van der Waals surface area contributed by atoms with E-state index in [9.17, 15) is 25.2 Å². The zero-order valence-electron chi connectivity index (χ0n) is 21.2. The van der Waals surface area contributed by atoms with Crippen molar-refractivity contribution in [2.24, 2.45) is 11.3 Å². The number of rotatable bonds is 6. The Balaban J connectivity index is 1.36. The van der Waals surface area contributed by atoms with Crippen molar-refractivity contribution < 1.29 is 25.2 Å². The number of hydrogen-bond acceptors (Lipinski definition) is 10. The van der Waals surface area contributed by atoms with Crippen LogP contribution in [0.4, 0.5) is 5.82 Å². The molecule has 0 unspecified atom stereocenters. The minimum atomic E-state index is -1.21. The van der Waals surface area contributed by atoms with Crippen molar-refractivity contribution in [3.8, 4) is 23.3 Å². The molecular weight excluding hydrogens is 600 g/mol. The van der Waals surface area contributed by atoms with Crippen LogP contribution >= 0.6 is 27.3 Å². The van der Waals surface area contributed by atoms with Gasteiger partial charge in [0.05, 0.1) is 32.6 Å².